The average Bonchev–Trinajstić information content (AvgIpc) is 2.48. The third kappa shape index (κ3) is 3.65. The Morgan fingerprint density at radius 3 is 2.52 bits per heavy atom. The van der Waals surface area contributed by atoms with Crippen molar-refractivity contribution in [3.05, 3.63) is 29.8 Å². The summed E-state index contributed by atoms with van der Waals surface area (Å²) in [6.07, 6.45) is 3.49. The third-order valence-corrected chi connectivity index (χ3v) is 6.47. The normalized spacial score (nSPS) is 24.1. The highest BCUT2D eigenvalue weighted by molar-refractivity contribution is 7.89. The van der Waals surface area contributed by atoms with E-state index in [9.17, 15) is 8.42 Å². The van der Waals surface area contributed by atoms with Gasteiger partial charge >= 0.3 is 0 Å². The Labute approximate surface area is 127 Å². The standard InChI is InChI=1S/C16H25NO3S/c1-13-5-3-11-17(14(13)2)21(19,20)16-9-7-15(8-10-16)6-4-12-18/h7-10,13-14,18H,3-6,11-12H2,1-2H3. The average molecular weight is 311 g/mol. The molecule has 2 unspecified atom stereocenters. The molecule has 1 aliphatic rings. The molecule has 5 heteroatoms. The highest BCUT2D eigenvalue weighted by atomic mass is 32.2. The van der Waals surface area contributed by atoms with Crippen molar-refractivity contribution < 1.29 is 13.5 Å². The Hall–Kier alpha value is -0.910. The van der Waals surface area contributed by atoms with Crippen molar-refractivity contribution in [2.45, 2.75) is 50.5 Å². The van der Waals surface area contributed by atoms with Crippen LogP contribution in [0.4, 0.5) is 0 Å². The lowest BCUT2D eigenvalue weighted by Crippen LogP contribution is -2.45. The molecule has 4 nitrogen and oxygen atoms in total. The van der Waals surface area contributed by atoms with Crippen molar-refractivity contribution in [1.29, 1.82) is 0 Å². The van der Waals surface area contributed by atoms with Gasteiger partial charge < -0.3 is 5.11 Å². The molecule has 1 saturated heterocycles. The second-order valence-electron chi connectivity index (χ2n) is 5.95. The van der Waals surface area contributed by atoms with E-state index in [1.807, 2.05) is 19.1 Å². The number of hydrogen-bond acceptors (Lipinski definition) is 3. The lowest BCUT2D eigenvalue weighted by molar-refractivity contribution is 0.202. The third-order valence-electron chi connectivity index (χ3n) is 4.47. The van der Waals surface area contributed by atoms with E-state index in [1.54, 1.807) is 16.4 Å². The largest absolute Gasteiger partial charge is 0.396 e. The van der Waals surface area contributed by atoms with E-state index < -0.39 is 10.0 Å². The highest BCUT2D eigenvalue weighted by Gasteiger charge is 2.34. The van der Waals surface area contributed by atoms with E-state index in [1.165, 1.54) is 0 Å². The maximum atomic E-state index is 12.8. The first-order chi connectivity index (χ1) is 9.96. The Morgan fingerprint density at radius 1 is 1.24 bits per heavy atom. The maximum absolute atomic E-state index is 12.8. The Bertz CT molecular complexity index is 553. The van der Waals surface area contributed by atoms with E-state index in [0.29, 0.717) is 23.8 Å². The smallest absolute Gasteiger partial charge is 0.243 e. The molecule has 1 aliphatic heterocycles. The van der Waals surface area contributed by atoms with Crippen LogP contribution in [0.2, 0.25) is 0 Å². The molecule has 2 rings (SSSR count). The highest BCUT2D eigenvalue weighted by Crippen LogP contribution is 2.28. The van der Waals surface area contributed by atoms with Crippen LogP contribution < -0.4 is 0 Å². The molecule has 0 saturated carbocycles. The second kappa shape index (κ2) is 6.90. The van der Waals surface area contributed by atoms with Crippen LogP contribution in [0.1, 0.15) is 38.7 Å². The van der Waals surface area contributed by atoms with Crippen molar-refractivity contribution >= 4 is 10.0 Å². The Kier molecular flexibility index (Phi) is 5.41. The van der Waals surface area contributed by atoms with E-state index in [4.69, 9.17) is 5.11 Å². The summed E-state index contributed by atoms with van der Waals surface area (Å²) in [5, 5.41) is 8.83. The predicted molar refractivity (Wildman–Crippen MR) is 83.6 cm³/mol. The molecule has 1 N–H and O–H groups in total. The lowest BCUT2D eigenvalue weighted by atomic mass is 9.94. The summed E-state index contributed by atoms with van der Waals surface area (Å²) in [5.41, 5.74) is 1.06. The number of nitrogens with zero attached hydrogens (tertiary/aromatic N) is 1. The number of piperidine rings is 1. The van der Waals surface area contributed by atoms with Crippen molar-refractivity contribution in [3.8, 4) is 0 Å². The molecule has 1 fully saturated rings. The summed E-state index contributed by atoms with van der Waals surface area (Å²) >= 11 is 0. The van der Waals surface area contributed by atoms with Gasteiger partial charge in [-0.25, -0.2) is 8.42 Å². The van der Waals surface area contributed by atoms with Crippen LogP contribution in [-0.4, -0.2) is 37.0 Å². The molecule has 1 aromatic carbocycles. The quantitative estimate of drug-likeness (QED) is 0.908. The first-order valence-electron chi connectivity index (χ1n) is 7.68. The number of aryl methyl sites for hydroxylation is 1. The number of hydrogen-bond donors (Lipinski definition) is 1. The molecule has 0 aliphatic carbocycles. The van der Waals surface area contributed by atoms with Gasteiger partial charge in [-0.05, 0) is 56.2 Å². The minimum Gasteiger partial charge on any atom is -0.396 e. The molecule has 0 bridgehead atoms. The van der Waals surface area contributed by atoms with Crippen molar-refractivity contribution in [2.24, 2.45) is 5.92 Å². The molecule has 1 aromatic rings. The molecule has 2 atom stereocenters. The first kappa shape index (κ1) is 16.5. The zero-order chi connectivity index (χ0) is 15.5. The van der Waals surface area contributed by atoms with Crippen molar-refractivity contribution in [3.63, 3.8) is 0 Å². The zero-order valence-electron chi connectivity index (χ0n) is 12.8. The number of benzene rings is 1. The van der Waals surface area contributed by atoms with Crippen LogP contribution in [0.5, 0.6) is 0 Å². The van der Waals surface area contributed by atoms with Crippen LogP contribution >= 0.6 is 0 Å². The molecule has 0 amide bonds. The van der Waals surface area contributed by atoms with Crippen LogP contribution in [-0.2, 0) is 16.4 Å². The topological polar surface area (TPSA) is 57.6 Å². The van der Waals surface area contributed by atoms with Crippen LogP contribution in [0, 0.1) is 5.92 Å². The fourth-order valence-electron chi connectivity index (χ4n) is 2.88. The fraction of sp³-hybridized carbons (Fsp3) is 0.625. The van der Waals surface area contributed by atoms with Gasteiger partial charge in [0.15, 0.2) is 0 Å². The minimum absolute atomic E-state index is 0.0535. The maximum Gasteiger partial charge on any atom is 0.243 e. The van der Waals surface area contributed by atoms with Gasteiger partial charge in [0.05, 0.1) is 4.90 Å². The summed E-state index contributed by atoms with van der Waals surface area (Å²) in [7, 11) is -3.40. The van der Waals surface area contributed by atoms with Gasteiger partial charge in [0.2, 0.25) is 10.0 Å². The molecule has 0 spiro atoms. The molecule has 118 valence electrons. The summed E-state index contributed by atoms with van der Waals surface area (Å²) in [4.78, 5) is 0.371. The minimum atomic E-state index is -3.40. The SMILES string of the molecule is CC1CCCN(S(=O)(=O)c2ccc(CCCO)cc2)C1C. The summed E-state index contributed by atoms with van der Waals surface area (Å²) in [6.45, 7) is 4.88. The van der Waals surface area contributed by atoms with Crippen LogP contribution in [0.25, 0.3) is 0 Å². The van der Waals surface area contributed by atoms with Gasteiger partial charge in [0, 0.05) is 19.2 Å². The summed E-state index contributed by atoms with van der Waals surface area (Å²) < 4.78 is 27.2. The van der Waals surface area contributed by atoms with Gasteiger partial charge in [0.1, 0.15) is 0 Å². The van der Waals surface area contributed by atoms with Gasteiger partial charge in [0.25, 0.3) is 0 Å². The molecule has 0 radical (unpaired) electrons. The zero-order valence-corrected chi connectivity index (χ0v) is 13.6. The number of aliphatic hydroxyl groups excluding tert-OH is 1. The monoisotopic (exact) mass is 311 g/mol. The summed E-state index contributed by atoms with van der Waals surface area (Å²) in [5.74, 6) is 0.400. The molecular formula is C16H25NO3S. The van der Waals surface area contributed by atoms with Crippen molar-refractivity contribution in [1.82, 2.24) is 4.31 Å². The summed E-state index contributed by atoms with van der Waals surface area (Å²) in [6, 6.07) is 7.13. The molecule has 21 heavy (non-hydrogen) atoms. The number of rotatable bonds is 5. The Morgan fingerprint density at radius 2 is 1.90 bits per heavy atom. The Balaban J connectivity index is 2.19. The first-order valence-corrected chi connectivity index (χ1v) is 9.12. The predicted octanol–water partition coefficient (Wildman–Crippen LogP) is 2.42. The van der Waals surface area contributed by atoms with E-state index >= 15 is 0 Å². The van der Waals surface area contributed by atoms with Gasteiger partial charge in [-0.1, -0.05) is 19.1 Å². The van der Waals surface area contributed by atoms with E-state index in [0.717, 1.165) is 24.8 Å². The molecule has 0 aromatic heterocycles. The molecule has 1 heterocycles. The van der Waals surface area contributed by atoms with Gasteiger partial charge in [-0.2, -0.15) is 4.31 Å². The van der Waals surface area contributed by atoms with Gasteiger partial charge in [-0.3, -0.25) is 0 Å². The van der Waals surface area contributed by atoms with Crippen LogP contribution in [0.3, 0.4) is 0 Å². The van der Waals surface area contributed by atoms with E-state index in [-0.39, 0.29) is 12.6 Å². The number of sulfonamides is 1. The van der Waals surface area contributed by atoms with E-state index in [2.05, 4.69) is 6.92 Å². The molecular weight excluding hydrogens is 286 g/mol. The van der Waals surface area contributed by atoms with Crippen LogP contribution in [0.15, 0.2) is 29.2 Å². The number of aliphatic hydroxyl groups is 1. The van der Waals surface area contributed by atoms with Crippen molar-refractivity contribution in [2.75, 3.05) is 13.2 Å². The lowest BCUT2D eigenvalue weighted by Gasteiger charge is -2.36. The van der Waals surface area contributed by atoms with Gasteiger partial charge in [-0.15, -0.1) is 0 Å². The fourth-order valence-corrected chi connectivity index (χ4v) is 4.65. The second-order valence-corrected chi connectivity index (χ2v) is 7.84.